The van der Waals surface area contributed by atoms with Crippen LogP contribution in [0.5, 0.6) is 0 Å². The third-order valence-corrected chi connectivity index (χ3v) is 29.2. The lowest BCUT2D eigenvalue weighted by Gasteiger charge is -2.45. The lowest BCUT2D eigenvalue weighted by atomic mass is 9.65. The van der Waals surface area contributed by atoms with Crippen molar-refractivity contribution in [3.8, 4) is 0 Å². The van der Waals surface area contributed by atoms with Crippen LogP contribution in [0, 0.1) is 69.0 Å². The number of allylic oxidation sites excluding steroid dienone is 16. The average Bonchev–Trinajstić information content (AvgIpc) is 1.65. The zero-order valence-corrected chi connectivity index (χ0v) is 65.6. The molecular formula is C95H109N7O9. The number of aromatic nitrogens is 4. The molecule has 20 atom stereocenters. The third kappa shape index (κ3) is 13.6. The molecule has 16 heteroatoms. The first-order valence-electron chi connectivity index (χ1n) is 41.3. The molecule has 16 nitrogen and oxygen atoms in total. The van der Waals surface area contributed by atoms with Crippen molar-refractivity contribution < 1.29 is 43.2 Å². The molecule has 4 aliphatic heterocycles. The summed E-state index contributed by atoms with van der Waals surface area (Å²) in [5.41, 5.74) is 19.1. The van der Waals surface area contributed by atoms with Crippen molar-refractivity contribution in [2.75, 3.05) is 47.4 Å². The molecule has 0 radical (unpaired) electrons. The first-order chi connectivity index (χ1) is 53.7. The van der Waals surface area contributed by atoms with Crippen LogP contribution in [0.3, 0.4) is 0 Å². The summed E-state index contributed by atoms with van der Waals surface area (Å²) < 4.78 is 26.2. The van der Waals surface area contributed by atoms with Crippen molar-refractivity contribution in [3.63, 3.8) is 0 Å². The molecule has 0 bridgehead atoms. The maximum absolute atomic E-state index is 12.8. The number of carbonyl (C=O) groups is 4. The third-order valence-electron chi connectivity index (χ3n) is 29.2. The smallest absolute Gasteiger partial charge is 0.166 e. The van der Waals surface area contributed by atoms with Gasteiger partial charge in [-0.15, -0.1) is 0 Å². The van der Waals surface area contributed by atoms with E-state index in [2.05, 4.69) is 163 Å². The molecule has 0 spiro atoms. The van der Waals surface area contributed by atoms with Crippen LogP contribution in [-0.4, -0.2) is 125 Å². The number of aliphatic hydroxyl groups is 1. The van der Waals surface area contributed by atoms with E-state index in [1.165, 1.54) is 33.4 Å². The zero-order chi connectivity index (χ0) is 76.7. The number of nitrogens with zero attached hydrogens (tertiary/aromatic N) is 5. The lowest BCUT2D eigenvalue weighted by Crippen LogP contribution is -2.41. The van der Waals surface area contributed by atoms with Crippen molar-refractivity contribution in [2.24, 2.45) is 74.7 Å². The monoisotopic (exact) mass is 1490 g/mol. The van der Waals surface area contributed by atoms with E-state index in [4.69, 9.17) is 24.7 Å². The van der Waals surface area contributed by atoms with Crippen molar-refractivity contribution >= 4 is 23.1 Å². The number of carbonyl (C=O) groups excluding carboxylic acids is 4. The number of nitrogens with two attached hydrogens (primary N) is 1. The minimum atomic E-state index is -0.0107. The van der Waals surface area contributed by atoms with Gasteiger partial charge in [-0.1, -0.05) is 101 Å². The number of nitrogens with one attached hydrogen (secondary N) is 1. The molecule has 4 aromatic heterocycles. The van der Waals surface area contributed by atoms with E-state index < -0.39 is 0 Å². The molecular weight excluding hydrogens is 1380 g/mol. The Kier molecular flexibility index (Phi) is 20.4. The highest BCUT2D eigenvalue weighted by Gasteiger charge is 2.58. The van der Waals surface area contributed by atoms with Gasteiger partial charge in [-0.3, -0.25) is 39.1 Å². The maximum Gasteiger partial charge on any atom is 0.166 e. The SMILES string of the molecule is CN(C)CC1CC(=O)C2=C(C1)O[C@@H]1C(=C2)C=C[C@]2(C)[C@@H](c3cccnc3)CC[C@@H]12.CNCC1CC(=O)C2=C(C1)O[C@@H]1C(=C2)C=C[C@]2(C)[C@@H](c3cccnc3)CC[C@@H]12.C[C@]12C=CC3=CC4=C(CC(CN)CC4=O)O[C@H]3[C@@H]1CC[C@@H]2c1cccnc1.C[C@]12C=CC3=CC4=C(CC(CO)CC4=O)O[C@H]3[C@@H]1CC[C@@H]2c1cccnc1. The Morgan fingerprint density at radius 2 is 0.712 bits per heavy atom. The number of Topliss-reactive ketones (excluding diaryl/α,β-unsaturated/α-hetero) is 4. The number of hydrogen-bond acceptors (Lipinski definition) is 16. The highest BCUT2D eigenvalue weighted by molar-refractivity contribution is 6.02. The molecule has 0 saturated heterocycles. The van der Waals surface area contributed by atoms with Crippen LogP contribution >= 0.6 is 0 Å². The van der Waals surface area contributed by atoms with E-state index in [-0.39, 0.29) is 87.7 Å². The standard InChI is InChI=1S/C25H30N2O2.C24H28N2O2.C23H26N2O2.C23H25NO3/c1-25-9-8-17-13-19-22(28)11-16(15-27(2)3)12-23(19)29-24(17)21(25)7-6-20(25)18-5-4-10-26-14-18;1-24-8-7-16-12-18-21(27)10-15(13-25-2)11-22(18)28-23(16)20(24)6-5-19(24)17-4-3-9-26-14-17;1-23-7-6-15-11-17-20(26)9-14(12-24)10-21(17)27-22(15)19(23)5-4-18(23)16-3-2-8-25-13-16;1-23-7-6-15-11-17-20(26)9-14(13-25)10-21(17)27-22(15)19(23)5-4-18(23)16-3-2-8-24-12-16/h4-5,8-10,13-14,16,20-21,24H,6-7,11-12,15H2,1-3H3;3-4,7-9,12,14-15,19-20,23,25H,5-6,10-11,13H2,1-2H3;2-3,6-8,11,13-14,18-19,22H,4-5,9-10,12,24H2,1H3;2-3,6-8,11-12,14,18-19,22,25H,4-5,9-10,13H2,1H3/t16?,20-,21+,24-,25-;15?,19-,20+,23-,24-;2*14?,18-,19+,22-,23-/m1111/s1. The number of aliphatic hydroxyl groups excluding tert-OH is 1. The Morgan fingerprint density at radius 3 is 1.00 bits per heavy atom. The maximum atomic E-state index is 12.8. The van der Waals surface area contributed by atoms with Gasteiger partial charge in [-0.2, -0.15) is 0 Å². The predicted molar refractivity (Wildman–Crippen MR) is 427 cm³/mol. The van der Waals surface area contributed by atoms with Crippen LogP contribution in [0.2, 0.25) is 0 Å². The highest BCUT2D eigenvalue weighted by Crippen LogP contribution is 2.64. The summed E-state index contributed by atoms with van der Waals surface area (Å²) in [5, 5.41) is 12.7. The minimum Gasteiger partial charge on any atom is -0.489 e. The van der Waals surface area contributed by atoms with Crippen molar-refractivity contribution in [1.29, 1.82) is 0 Å². The van der Waals surface area contributed by atoms with E-state index in [1.54, 1.807) is 0 Å². The Balaban J connectivity index is 0.000000108. The quantitative estimate of drug-likeness (QED) is 0.134. The van der Waals surface area contributed by atoms with Crippen LogP contribution in [0.25, 0.3) is 0 Å². The van der Waals surface area contributed by atoms with Crippen molar-refractivity contribution in [2.45, 2.75) is 179 Å². The number of pyridine rings is 4. The van der Waals surface area contributed by atoms with Crippen LogP contribution in [0.15, 0.2) is 239 Å². The van der Waals surface area contributed by atoms with E-state index >= 15 is 0 Å². The molecule has 4 fully saturated rings. The number of ether oxygens (including phenoxy) is 4. The molecule has 20 rings (SSSR count). The molecule has 8 heterocycles. The van der Waals surface area contributed by atoms with Gasteiger partial charge >= 0.3 is 0 Å². The van der Waals surface area contributed by atoms with Gasteiger partial charge in [0.05, 0.1) is 22.3 Å². The lowest BCUT2D eigenvalue weighted by molar-refractivity contribution is -0.118. The molecule has 111 heavy (non-hydrogen) atoms. The van der Waals surface area contributed by atoms with Gasteiger partial charge in [0.15, 0.2) is 23.1 Å². The van der Waals surface area contributed by atoms with Gasteiger partial charge in [0.2, 0.25) is 0 Å². The van der Waals surface area contributed by atoms with Gasteiger partial charge in [0.1, 0.15) is 47.5 Å². The second-order valence-electron chi connectivity index (χ2n) is 36.0. The van der Waals surface area contributed by atoms with Crippen LogP contribution < -0.4 is 11.1 Å². The first-order valence-corrected chi connectivity index (χ1v) is 41.3. The fourth-order valence-corrected chi connectivity index (χ4v) is 23.4. The number of hydrogen-bond donors (Lipinski definition) is 3. The summed E-state index contributed by atoms with van der Waals surface area (Å²) in [6, 6.07) is 16.9. The first kappa shape index (κ1) is 74.9. The Hall–Kier alpha value is -8.80. The van der Waals surface area contributed by atoms with Crippen molar-refractivity contribution in [1.82, 2.24) is 30.2 Å². The van der Waals surface area contributed by atoms with Gasteiger partial charge in [-0.05, 0) is 248 Å². The molecule has 16 aliphatic rings. The van der Waals surface area contributed by atoms with Crippen molar-refractivity contribution in [3.05, 3.63) is 261 Å². The Labute approximate surface area is 654 Å². The average molecular weight is 1490 g/mol. The largest absolute Gasteiger partial charge is 0.489 e. The second-order valence-corrected chi connectivity index (χ2v) is 36.0. The van der Waals surface area contributed by atoms with E-state index in [0.29, 0.717) is 97.8 Å². The summed E-state index contributed by atoms with van der Waals surface area (Å²) in [7, 11) is 6.09. The summed E-state index contributed by atoms with van der Waals surface area (Å²) >= 11 is 0. The van der Waals surface area contributed by atoms with E-state index in [1.807, 2.05) is 87.0 Å². The number of fused-ring (bicyclic) bond motifs is 12. The fraction of sp³-hybridized carbons (Fsp3) is 0.495. The van der Waals surface area contributed by atoms with Gasteiger partial charge in [0.25, 0.3) is 0 Å². The van der Waals surface area contributed by atoms with E-state index in [9.17, 15) is 24.3 Å². The Morgan fingerprint density at radius 1 is 0.423 bits per heavy atom. The molecule has 12 aliphatic carbocycles. The second kappa shape index (κ2) is 30.3. The van der Waals surface area contributed by atoms with Crippen LogP contribution in [0.4, 0.5) is 0 Å². The topological polar surface area (TPSA) is 218 Å². The summed E-state index contributed by atoms with van der Waals surface area (Å²) in [6.45, 7) is 11.8. The molecule has 4 aromatic rings. The summed E-state index contributed by atoms with van der Waals surface area (Å²) in [4.78, 5) is 70.0. The van der Waals surface area contributed by atoms with E-state index in [0.717, 1.165) is 140 Å². The molecule has 0 amide bonds. The van der Waals surface area contributed by atoms with Gasteiger partial charge in [0, 0.05) is 138 Å². The molecule has 4 saturated carbocycles. The molecule has 4 unspecified atom stereocenters. The van der Waals surface area contributed by atoms with Gasteiger partial charge in [-0.25, -0.2) is 0 Å². The molecule has 578 valence electrons. The zero-order valence-electron chi connectivity index (χ0n) is 65.6. The Bertz CT molecular complexity index is 4570. The number of rotatable bonds is 10. The molecule has 4 N–H and O–H groups in total. The fourth-order valence-electron chi connectivity index (χ4n) is 23.4. The number of ketones is 4. The predicted octanol–water partition coefficient (Wildman–Crippen LogP) is 15.6. The van der Waals surface area contributed by atoms with Crippen LogP contribution in [-0.2, 0) is 38.1 Å². The summed E-state index contributed by atoms with van der Waals surface area (Å²) in [6.07, 6.45) is 56.7. The molecule has 0 aromatic carbocycles. The normalized spacial score (nSPS) is 36.6. The van der Waals surface area contributed by atoms with Crippen LogP contribution in [0.1, 0.15) is 176 Å². The summed E-state index contributed by atoms with van der Waals surface area (Å²) in [5.74, 6) is 8.66. The highest BCUT2D eigenvalue weighted by atomic mass is 16.5. The minimum absolute atomic E-state index is 0.00524. The van der Waals surface area contributed by atoms with Gasteiger partial charge < -0.3 is 40.0 Å².